The molecule has 13 nitrogen and oxygen atoms in total. The van der Waals surface area contributed by atoms with Crippen LogP contribution in [0.3, 0.4) is 0 Å². The van der Waals surface area contributed by atoms with E-state index in [0.717, 1.165) is 12.1 Å². The Morgan fingerprint density at radius 3 is 1.50 bits per heavy atom. The van der Waals surface area contributed by atoms with E-state index < -0.39 is 28.5 Å². The van der Waals surface area contributed by atoms with Crippen LogP contribution in [0.15, 0.2) is 60.7 Å². The quantitative estimate of drug-likeness (QED) is 0.164. The summed E-state index contributed by atoms with van der Waals surface area (Å²) < 4.78 is 0. The van der Waals surface area contributed by atoms with Gasteiger partial charge in [0.25, 0.3) is 5.69 Å². The van der Waals surface area contributed by atoms with Gasteiger partial charge in [-0.05, 0) is 54.6 Å². The van der Waals surface area contributed by atoms with Crippen LogP contribution in [0.2, 0.25) is 0 Å². The fourth-order valence-electron chi connectivity index (χ4n) is 2.28. The molecule has 0 heterocycles. The van der Waals surface area contributed by atoms with Crippen molar-refractivity contribution in [3.63, 3.8) is 0 Å². The van der Waals surface area contributed by atoms with Crippen LogP contribution in [0.25, 0.3) is 0 Å². The lowest BCUT2D eigenvalue weighted by molar-refractivity contribution is -0.385. The summed E-state index contributed by atoms with van der Waals surface area (Å²) >= 11 is 0. The lowest BCUT2D eigenvalue weighted by Gasteiger charge is -1.99. The number of nitrogens with zero attached hydrogens (tertiary/aromatic N) is 1. The number of carboxylic acids is 3. The molecule has 0 aliphatic rings. The number of carboxylic acid groups (broad SMARTS) is 3. The van der Waals surface area contributed by atoms with Gasteiger partial charge in [0.05, 0.1) is 16.1 Å². The van der Waals surface area contributed by atoms with Gasteiger partial charge in [0.1, 0.15) is 5.56 Å². The third-order valence-electron chi connectivity index (χ3n) is 3.91. The average molecular weight is 471 g/mol. The first-order valence-corrected chi connectivity index (χ1v) is 9.07. The summed E-state index contributed by atoms with van der Waals surface area (Å²) in [5.74, 6) is -3.31. The third kappa shape index (κ3) is 8.07. The maximum atomic E-state index is 10.5. The van der Waals surface area contributed by atoms with Crippen molar-refractivity contribution in [2.24, 2.45) is 0 Å². The Kier molecular flexibility index (Phi) is 9.35. The Morgan fingerprint density at radius 1 is 0.647 bits per heavy atom. The van der Waals surface area contributed by atoms with Gasteiger partial charge in [-0.3, -0.25) is 10.1 Å². The largest absolute Gasteiger partial charge is 0.478 e. The van der Waals surface area contributed by atoms with E-state index in [1.54, 1.807) is 12.1 Å². The summed E-state index contributed by atoms with van der Waals surface area (Å²) in [5, 5.41) is 35.9. The second-order valence-electron chi connectivity index (χ2n) is 6.42. The highest BCUT2D eigenvalue weighted by atomic mass is 16.6. The van der Waals surface area contributed by atoms with Gasteiger partial charge in [0.15, 0.2) is 0 Å². The second kappa shape index (κ2) is 11.9. The Labute approximate surface area is 192 Å². The Balaban J connectivity index is 0.000000257. The molecule has 13 heteroatoms. The molecule has 0 aliphatic carbocycles. The Morgan fingerprint density at radius 2 is 1.09 bits per heavy atom. The van der Waals surface area contributed by atoms with E-state index in [2.05, 4.69) is 0 Å². The van der Waals surface area contributed by atoms with Gasteiger partial charge in [0.2, 0.25) is 0 Å². The summed E-state index contributed by atoms with van der Waals surface area (Å²) in [6.45, 7) is 0. The van der Waals surface area contributed by atoms with Crippen molar-refractivity contribution in [2.45, 2.75) is 0 Å². The molecule has 0 fully saturated rings. The summed E-state index contributed by atoms with van der Waals surface area (Å²) in [6.07, 6.45) is 0. The molecule has 0 aliphatic heterocycles. The van der Waals surface area contributed by atoms with Gasteiger partial charge in [-0.2, -0.15) is 0 Å². The third-order valence-corrected chi connectivity index (χ3v) is 3.91. The van der Waals surface area contributed by atoms with E-state index in [1.165, 1.54) is 36.4 Å². The van der Waals surface area contributed by atoms with Crippen LogP contribution < -0.4 is 22.9 Å². The number of aromatic carboxylic acids is 3. The van der Waals surface area contributed by atoms with Gasteiger partial charge in [-0.1, -0.05) is 0 Å². The number of nitrogen functional groups attached to an aromatic ring is 4. The van der Waals surface area contributed by atoms with Crippen LogP contribution in [-0.2, 0) is 0 Å². The molecule has 3 aromatic carbocycles. The normalized spacial score (nSPS) is 9.41. The number of hydrogen-bond donors (Lipinski definition) is 7. The molecule has 34 heavy (non-hydrogen) atoms. The van der Waals surface area contributed by atoms with Crippen molar-refractivity contribution >= 4 is 46.3 Å². The van der Waals surface area contributed by atoms with E-state index in [9.17, 15) is 24.5 Å². The maximum absolute atomic E-state index is 10.5. The van der Waals surface area contributed by atoms with Gasteiger partial charge >= 0.3 is 17.9 Å². The fraction of sp³-hybridized carbons (Fsp3) is 0. The minimum atomic E-state index is -1.34. The molecule has 0 spiro atoms. The molecule has 0 aromatic heterocycles. The summed E-state index contributed by atoms with van der Waals surface area (Å²) in [6, 6.07) is 13.8. The summed E-state index contributed by atoms with van der Waals surface area (Å²) in [7, 11) is 0. The molecule has 0 amide bonds. The number of nitro groups is 1. The number of benzene rings is 3. The van der Waals surface area contributed by atoms with Crippen molar-refractivity contribution in [3.8, 4) is 0 Å². The number of hydrogen-bond acceptors (Lipinski definition) is 9. The predicted molar refractivity (Wildman–Crippen MR) is 125 cm³/mol. The number of carbonyl (C=O) groups is 3. The Bertz CT molecular complexity index is 1210. The highest BCUT2D eigenvalue weighted by Gasteiger charge is 2.19. The van der Waals surface area contributed by atoms with Crippen LogP contribution in [-0.4, -0.2) is 38.2 Å². The van der Waals surface area contributed by atoms with Crippen molar-refractivity contribution in [1.29, 1.82) is 0 Å². The van der Waals surface area contributed by atoms with Gasteiger partial charge < -0.3 is 38.3 Å². The minimum Gasteiger partial charge on any atom is -0.478 e. The molecular formula is C21H21N5O8. The first-order valence-electron chi connectivity index (χ1n) is 9.07. The van der Waals surface area contributed by atoms with Crippen molar-refractivity contribution < 1.29 is 34.6 Å². The second-order valence-corrected chi connectivity index (χ2v) is 6.42. The van der Waals surface area contributed by atoms with E-state index in [1.807, 2.05) is 0 Å². The zero-order chi connectivity index (χ0) is 26.0. The predicted octanol–water partition coefficient (Wildman–Crippen LogP) is 2.39. The molecule has 0 atom stereocenters. The fourth-order valence-corrected chi connectivity index (χ4v) is 2.28. The SMILES string of the molecule is Nc1ccc(C(=O)O)c(N)c1.Nc1ccc(C(=O)O)c([N+](=O)[O-])c1.Nc1ccc(C(=O)O)cc1. The smallest absolute Gasteiger partial charge is 0.342 e. The standard InChI is InChI=1S/C7H6N2O4.C7H8N2O2.C7H7NO2/c8-4-1-2-5(7(10)11)6(3-4)9(12)13;8-4-1-2-5(7(10)11)6(9)3-4;8-6-3-1-5(2-4-6)7(9)10/h1-3H,8H2,(H,10,11);1-3H,8-9H2,(H,10,11);1-4H,8H2,(H,9,10). The van der Waals surface area contributed by atoms with Crippen LogP contribution in [0, 0.1) is 10.1 Å². The zero-order valence-corrected chi connectivity index (χ0v) is 17.4. The van der Waals surface area contributed by atoms with Crippen LogP contribution in [0.5, 0.6) is 0 Å². The lowest BCUT2D eigenvalue weighted by atomic mass is 10.1. The lowest BCUT2D eigenvalue weighted by Crippen LogP contribution is -2.03. The molecular weight excluding hydrogens is 450 g/mol. The van der Waals surface area contributed by atoms with Crippen LogP contribution in [0.4, 0.5) is 28.4 Å². The van der Waals surface area contributed by atoms with E-state index in [0.29, 0.717) is 11.4 Å². The topological polar surface area (TPSA) is 259 Å². The number of anilines is 4. The molecule has 0 bridgehead atoms. The van der Waals surface area contributed by atoms with Gasteiger partial charge in [-0.15, -0.1) is 0 Å². The molecule has 11 N–H and O–H groups in total. The highest BCUT2D eigenvalue weighted by Crippen LogP contribution is 2.21. The van der Waals surface area contributed by atoms with Crippen LogP contribution in [0.1, 0.15) is 31.1 Å². The molecule has 0 saturated heterocycles. The van der Waals surface area contributed by atoms with Gasteiger partial charge in [0, 0.05) is 28.8 Å². The molecule has 3 aromatic rings. The molecule has 3 rings (SSSR count). The Hall–Kier alpha value is -5.33. The number of rotatable bonds is 4. The first-order chi connectivity index (χ1) is 15.8. The van der Waals surface area contributed by atoms with Crippen molar-refractivity contribution in [3.05, 3.63) is 87.5 Å². The van der Waals surface area contributed by atoms with Crippen molar-refractivity contribution in [1.82, 2.24) is 0 Å². The summed E-state index contributed by atoms with van der Waals surface area (Å²) in [4.78, 5) is 40.8. The zero-order valence-electron chi connectivity index (χ0n) is 17.4. The maximum Gasteiger partial charge on any atom is 0.342 e. The monoisotopic (exact) mass is 471 g/mol. The molecule has 0 saturated carbocycles. The van der Waals surface area contributed by atoms with E-state index in [4.69, 9.17) is 38.3 Å². The average Bonchev–Trinajstić information content (AvgIpc) is 2.74. The molecule has 178 valence electrons. The number of nitrogens with two attached hydrogens (primary N) is 4. The van der Waals surface area contributed by atoms with E-state index >= 15 is 0 Å². The summed E-state index contributed by atoms with van der Waals surface area (Å²) in [5.41, 5.74) is 22.2. The molecule has 0 unspecified atom stereocenters. The molecule has 0 radical (unpaired) electrons. The van der Waals surface area contributed by atoms with Crippen LogP contribution >= 0.6 is 0 Å². The highest BCUT2D eigenvalue weighted by molar-refractivity contribution is 5.94. The minimum absolute atomic E-state index is 0.0826. The van der Waals surface area contributed by atoms with Gasteiger partial charge in [-0.25, -0.2) is 14.4 Å². The van der Waals surface area contributed by atoms with E-state index in [-0.39, 0.29) is 28.1 Å². The van der Waals surface area contributed by atoms with Crippen molar-refractivity contribution in [2.75, 3.05) is 22.9 Å². The number of nitro benzene ring substituents is 1. The first kappa shape index (κ1) is 26.7.